The first-order chi connectivity index (χ1) is 34.3. The number of alkyl halides is 34. The van der Waals surface area contributed by atoms with Crippen molar-refractivity contribution in [2.75, 3.05) is 13.2 Å². The number of allylic oxidation sites excluding steroid dienone is 2. The molecular formula is C39H29F34NO4. The van der Waals surface area contributed by atoms with Gasteiger partial charge in [0.25, 0.3) is 0 Å². The highest BCUT2D eigenvalue weighted by molar-refractivity contribution is 5.99. The van der Waals surface area contributed by atoms with Gasteiger partial charge in [0.2, 0.25) is 0 Å². The van der Waals surface area contributed by atoms with Gasteiger partial charge in [-0.2, -0.15) is 149 Å². The largest absolute Gasteiger partial charge is 0.462 e. The fourth-order valence-electron chi connectivity index (χ4n) is 6.60. The summed E-state index contributed by atoms with van der Waals surface area (Å²) in [6.45, 7) is -0.692. The number of halogens is 34. The lowest BCUT2D eigenvalue weighted by atomic mass is 9.80. The molecule has 0 saturated carbocycles. The molecule has 1 aliphatic rings. The lowest BCUT2D eigenvalue weighted by Crippen LogP contribution is -2.74. The molecule has 1 aliphatic heterocycles. The molecule has 0 saturated heterocycles. The Hall–Kier alpha value is -4.94. The Morgan fingerprint density at radius 3 is 0.872 bits per heavy atom. The predicted octanol–water partition coefficient (Wildman–Crippen LogP) is 15.4. The number of rotatable bonds is 25. The third kappa shape index (κ3) is 10.9. The molecule has 0 amide bonds. The molecule has 0 unspecified atom stereocenters. The minimum Gasteiger partial charge on any atom is -0.462 e. The first-order valence-corrected chi connectivity index (χ1v) is 20.3. The Morgan fingerprint density at radius 1 is 0.372 bits per heavy atom. The fourth-order valence-corrected chi connectivity index (χ4v) is 6.60. The van der Waals surface area contributed by atoms with Crippen LogP contribution < -0.4 is 5.32 Å². The summed E-state index contributed by atoms with van der Waals surface area (Å²) in [6, 6.07) is 5.87. The second-order valence-corrected chi connectivity index (χ2v) is 16.5. The number of carbonyl (C=O) groups excluding carboxylic acids is 2. The number of unbranched alkanes of at least 4 members (excludes halogenated alkanes) is 2. The van der Waals surface area contributed by atoms with Crippen LogP contribution in [0.2, 0.25) is 0 Å². The number of nitrogens with one attached hydrogen (secondary N) is 1. The number of dihydropyridines is 1. The van der Waals surface area contributed by atoms with Gasteiger partial charge in [-0.25, -0.2) is 9.59 Å². The van der Waals surface area contributed by atoms with E-state index in [1.54, 1.807) is 0 Å². The molecule has 1 N–H and O–H groups in total. The van der Waals surface area contributed by atoms with E-state index < -0.39 is 176 Å². The third-order valence-electron chi connectivity index (χ3n) is 11.1. The van der Waals surface area contributed by atoms with Crippen LogP contribution in [0.5, 0.6) is 0 Å². The molecule has 1 aromatic carbocycles. The number of ether oxygens (including phenoxy) is 2. The third-order valence-corrected chi connectivity index (χ3v) is 11.1. The summed E-state index contributed by atoms with van der Waals surface area (Å²) in [5, 5.41) is 2.37. The molecule has 0 atom stereocenters. The summed E-state index contributed by atoms with van der Waals surface area (Å²) in [5.74, 6) is -122. The van der Waals surface area contributed by atoms with Gasteiger partial charge in [0.1, 0.15) is 0 Å². The minimum atomic E-state index is -8.88. The fraction of sp³-hybridized carbons (Fsp3) is 0.692. The molecule has 0 bridgehead atoms. The standard InChI is InChI=1S/C39H29F34NO4/c1-16-19(22(75)77-14-8-6-12-24(40,41)26(44,45)28(48,49)30(52,53)32(56,57)34(60,61)36(64,65)38(68,69)70)21(18-10-4-3-5-11-18)20(17(2)74-16)23(76)78-15-9-7-13-25(42,43)27(46,47)29(50,51)31(54,55)33(58,59)35(62,63)37(66,67)39(71,72)73/h3-5,10-11,21,74H,6-9,12-15H2,1-2H3. The Balaban J connectivity index is 2.28. The first kappa shape index (κ1) is 69.2. The Bertz CT molecular complexity index is 2220. The monoisotopic (exact) mass is 1220 g/mol. The molecule has 452 valence electrons. The van der Waals surface area contributed by atoms with Crippen LogP contribution in [0.3, 0.4) is 0 Å². The number of benzene rings is 1. The van der Waals surface area contributed by atoms with Crippen LogP contribution in [0.4, 0.5) is 149 Å². The molecule has 78 heavy (non-hydrogen) atoms. The van der Waals surface area contributed by atoms with E-state index in [2.05, 4.69) is 5.32 Å². The summed E-state index contributed by atoms with van der Waals surface area (Å²) in [4.78, 5) is 26.7. The Morgan fingerprint density at radius 2 is 0.615 bits per heavy atom. The van der Waals surface area contributed by atoms with E-state index in [-0.39, 0.29) is 17.0 Å². The lowest BCUT2D eigenvalue weighted by Gasteiger charge is -2.42. The van der Waals surface area contributed by atoms with Crippen molar-refractivity contribution in [3.8, 4) is 0 Å². The number of hydrogen-bond donors (Lipinski definition) is 1. The quantitative estimate of drug-likeness (QED) is 0.0600. The van der Waals surface area contributed by atoms with Crippen molar-refractivity contribution >= 4 is 11.9 Å². The number of esters is 2. The average Bonchev–Trinajstić information content (AvgIpc) is 3.26. The van der Waals surface area contributed by atoms with Gasteiger partial charge >= 0.3 is 107 Å². The van der Waals surface area contributed by atoms with Gasteiger partial charge in [-0.3, -0.25) is 0 Å². The van der Waals surface area contributed by atoms with Gasteiger partial charge < -0.3 is 14.8 Å². The molecule has 0 radical (unpaired) electrons. The lowest BCUT2D eigenvalue weighted by molar-refractivity contribution is -0.461. The number of hydrogen-bond acceptors (Lipinski definition) is 5. The van der Waals surface area contributed by atoms with Gasteiger partial charge in [0.15, 0.2) is 0 Å². The van der Waals surface area contributed by atoms with Crippen LogP contribution in [-0.4, -0.2) is 120 Å². The zero-order chi connectivity index (χ0) is 61.9. The van der Waals surface area contributed by atoms with Crippen molar-refractivity contribution in [3.63, 3.8) is 0 Å². The summed E-state index contributed by atoms with van der Waals surface area (Å²) in [5.41, 5.74) is -2.35. The normalized spacial score (nSPS) is 16.7. The highest BCUT2D eigenvalue weighted by Gasteiger charge is 2.97. The minimum absolute atomic E-state index is 0.160. The second-order valence-electron chi connectivity index (χ2n) is 16.5. The zero-order valence-corrected chi connectivity index (χ0v) is 37.6. The van der Waals surface area contributed by atoms with E-state index >= 15 is 0 Å². The first-order valence-electron chi connectivity index (χ1n) is 20.3. The van der Waals surface area contributed by atoms with Gasteiger partial charge in [-0.05, 0) is 45.1 Å². The molecule has 1 heterocycles. The predicted molar refractivity (Wildman–Crippen MR) is 189 cm³/mol. The van der Waals surface area contributed by atoms with E-state index in [1.165, 1.54) is 18.2 Å². The molecule has 0 aliphatic carbocycles. The maximum atomic E-state index is 14.4. The zero-order valence-electron chi connectivity index (χ0n) is 37.6. The van der Waals surface area contributed by atoms with Crippen molar-refractivity contribution in [2.24, 2.45) is 0 Å². The van der Waals surface area contributed by atoms with Gasteiger partial charge in [0, 0.05) is 24.2 Å². The van der Waals surface area contributed by atoms with Crippen molar-refractivity contribution in [1.82, 2.24) is 5.32 Å². The van der Waals surface area contributed by atoms with Crippen molar-refractivity contribution in [3.05, 3.63) is 58.4 Å². The van der Waals surface area contributed by atoms with Crippen LogP contribution in [0.1, 0.15) is 63.9 Å². The van der Waals surface area contributed by atoms with Gasteiger partial charge in [0.05, 0.1) is 30.3 Å². The molecule has 0 fully saturated rings. The summed E-state index contributed by atoms with van der Waals surface area (Å²) >= 11 is 0. The van der Waals surface area contributed by atoms with Crippen LogP contribution in [0.15, 0.2) is 52.9 Å². The molecule has 39 heteroatoms. The van der Waals surface area contributed by atoms with E-state index in [1.807, 2.05) is 0 Å². The molecule has 2 rings (SSSR count). The van der Waals surface area contributed by atoms with E-state index in [0.717, 1.165) is 26.0 Å². The molecule has 1 aromatic rings. The van der Waals surface area contributed by atoms with Crippen LogP contribution in [0.25, 0.3) is 0 Å². The molecule has 5 nitrogen and oxygen atoms in total. The van der Waals surface area contributed by atoms with Crippen LogP contribution in [0, 0.1) is 0 Å². The Kier molecular flexibility index (Phi) is 18.8. The SMILES string of the molecule is CC1=C(C(=O)OCCCCC(F)(F)C(F)(F)C(F)(F)C(F)(F)C(F)(F)C(F)(F)C(F)(F)C(F)(F)F)C(c2ccccc2)C(C(=O)OCCCCC(F)(F)C(F)(F)C(F)(F)C(F)(F)C(F)(F)C(F)(F)C(F)(F)C(F)(F)F)=C(C)N1. The van der Waals surface area contributed by atoms with Crippen LogP contribution in [-0.2, 0) is 19.1 Å². The van der Waals surface area contributed by atoms with E-state index in [4.69, 9.17) is 9.47 Å². The molecule has 0 aromatic heterocycles. The van der Waals surface area contributed by atoms with Crippen molar-refractivity contribution in [2.45, 2.75) is 154 Å². The summed E-state index contributed by atoms with van der Waals surface area (Å²) < 4.78 is 472. The summed E-state index contributed by atoms with van der Waals surface area (Å²) in [6.07, 6.45) is -27.9. The van der Waals surface area contributed by atoms with Crippen LogP contribution >= 0.6 is 0 Å². The summed E-state index contributed by atoms with van der Waals surface area (Å²) in [7, 11) is 0. The van der Waals surface area contributed by atoms with E-state index in [0.29, 0.717) is 0 Å². The second kappa shape index (κ2) is 21.2. The highest BCUT2D eigenvalue weighted by atomic mass is 19.4. The topological polar surface area (TPSA) is 64.6 Å². The average molecular weight is 1220 g/mol. The Labute approximate surface area is 411 Å². The maximum Gasteiger partial charge on any atom is 0.460 e. The van der Waals surface area contributed by atoms with Gasteiger partial charge in [-0.15, -0.1) is 0 Å². The number of carbonyl (C=O) groups is 2. The van der Waals surface area contributed by atoms with Gasteiger partial charge in [-0.1, -0.05) is 30.3 Å². The molecule has 0 spiro atoms. The van der Waals surface area contributed by atoms with Crippen molar-refractivity contribution in [1.29, 1.82) is 0 Å². The van der Waals surface area contributed by atoms with E-state index in [9.17, 15) is 159 Å². The smallest absolute Gasteiger partial charge is 0.460 e. The van der Waals surface area contributed by atoms with Crippen molar-refractivity contribution < 1.29 is 168 Å². The maximum absolute atomic E-state index is 14.4. The molecular weight excluding hydrogens is 1190 g/mol. The highest BCUT2D eigenvalue weighted by Crippen LogP contribution is 2.66.